The van der Waals surface area contributed by atoms with Gasteiger partial charge in [-0.3, -0.25) is 0 Å². The Labute approximate surface area is 219 Å². The summed E-state index contributed by atoms with van der Waals surface area (Å²) < 4.78 is 110. The SMILES string of the molecule is O=S(=O)(Oc1ccc(C23CC4CC(CC(c5ccc(OSOOC(F)(F)F)cc5)(C4)C2)C3)cc1)C(F)(F)F. The summed E-state index contributed by atoms with van der Waals surface area (Å²) in [4.78, 5) is 3.19. The molecule has 4 aliphatic carbocycles. The highest BCUT2D eigenvalue weighted by Gasteiger charge is 2.58. The summed E-state index contributed by atoms with van der Waals surface area (Å²) in [5.41, 5.74) is -3.84. The third kappa shape index (κ3) is 5.45. The first-order valence-corrected chi connectivity index (χ1v) is 13.7. The van der Waals surface area contributed by atoms with Crippen molar-refractivity contribution in [2.45, 2.75) is 61.2 Å². The summed E-state index contributed by atoms with van der Waals surface area (Å²) in [6, 6.07) is 12.9. The summed E-state index contributed by atoms with van der Waals surface area (Å²) in [6.07, 6.45) is 0.792. The lowest BCUT2D eigenvalue weighted by atomic mass is 9.42. The van der Waals surface area contributed by atoms with E-state index in [0.29, 0.717) is 11.8 Å². The van der Waals surface area contributed by atoms with Crippen LogP contribution in [0.1, 0.15) is 49.7 Å². The smallest absolute Gasteiger partial charge is 0.399 e. The fourth-order valence-corrected chi connectivity index (χ4v) is 7.73. The summed E-state index contributed by atoms with van der Waals surface area (Å²) in [7, 11) is -5.75. The van der Waals surface area contributed by atoms with Crippen LogP contribution in [0.2, 0.25) is 0 Å². The molecular formula is C24H22F6O6S2. The maximum Gasteiger partial charge on any atom is 0.550 e. The first kappa shape index (κ1) is 27.4. The molecule has 4 bridgehead atoms. The molecule has 6 rings (SSSR count). The number of hydrogen-bond acceptors (Lipinski definition) is 7. The van der Waals surface area contributed by atoms with Crippen molar-refractivity contribution in [1.29, 1.82) is 0 Å². The van der Waals surface area contributed by atoms with Crippen molar-refractivity contribution in [1.82, 2.24) is 0 Å². The molecule has 6 nitrogen and oxygen atoms in total. The van der Waals surface area contributed by atoms with Gasteiger partial charge in [0.25, 0.3) is 12.3 Å². The quantitative estimate of drug-likeness (QED) is 0.0623. The molecule has 0 N–H and O–H groups in total. The second-order valence-corrected chi connectivity index (χ2v) is 12.3. The van der Waals surface area contributed by atoms with Crippen molar-refractivity contribution in [2.75, 3.05) is 0 Å². The minimum Gasteiger partial charge on any atom is -0.399 e. The van der Waals surface area contributed by atoms with Gasteiger partial charge >= 0.3 is 22.0 Å². The average Bonchev–Trinajstić information content (AvgIpc) is 2.80. The van der Waals surface area contributed by atoms with Crippen LogP contribution >= 0.6 is 12.3 Å². The van der Waals surface area contributed by atoms with Crippen molar-refractivity contribution in [2.24, 2.45) is 11.8 Å². The number of hydrogen-bond donors (Lipinski definition) is 0. The third-order valence-electron chi connectivity index (χ3n) is 7.77. The molecule has 2 unspecified atom stereocenters. The van der Waals surface area contributed by atoms with Crippen LogP contribution in [-0.2, 0) is 30.2 Å². The lowest BCUT2D eigenvalue weighted by molar-refractivity contribution is -0.441. The molecule has 0 amide bonds. The highest BCUT2D eigenvalue weighted by molar-refractivity contribution is 7.90. The Balaban J connectivity index is 1.32. The molecular weight excluding hydrogens is 562 g/mol. The van der Waals surface area contributed by atoms with Gasteiger partial charge < -0.3 is 8.37 Å². The Morgan fingerprint density at radius 3 is 1.68 bits per heavy atom. The predicted molar refractivity (Wildman–Crippen MR) is 123 cm³/mol. The Bertz CT molecular complexity index is 1250. The lowest BCUT2D eigenvalue weighted by Gasteiger charge is -2.62. The molecule has 4 aliphatic rings. The van der Waals surface area contributed by atoms with E-state index in [2.05, 4.69) is 13.4 Å². The summed E-state index contributed by atoms with van der Waals surface area (Å²) in [6.45, 7) is 0. The van der Waals surface area contributed by atoms with E-state index in [1.165, 1.54) is 12.1 Å². The van der Waals surface area contributed by atoms with Crippen molar-refractivity contribution >= 4 is 22.4 Å². The van der Waals surface area contributed by atoms with Gasteiger partial charge in [0, 0.05) is 0 Å². The van der Waals surface area contributed by atoms with Gasteiger partial charge in [-0.1, -0.05) is 24.3 Å². The van der Waals surface area contributed by atoms with Gasteiger partial charge in [0.1, 0.15) is 11.5 Å². The molecule has 0 radical (unpaired) electrons. The molecule has 4 saturated carbocycles. The van der Waals surface area contributed by atoms with Crippen LogP contribution in [0.4, 0.5) is 26.3 Å². The Kier molecular flexibility index (Phi) is 6.84. The molecule has 2 aromatic carbocycles. The largest absolute Gasteiger partial charge is 0.550 e. The van der Waals surface area contributed by atoms with Crippen LogP contribution in [0.15, 0.2) is 48.5 Å². The van der Waals surface area contributed by atoms with E-state index in [1.54, 1.807) is 24.3 Å². The van der Waals surface area contributed by atoms with Crippen LogP contribution in [-0.4, -0.2) is 20.3 Å². The Hall–Kier alpha value is -2.16. The van der Waals surface area contributed by atoms with E-state index in [0.717, 1.165) is 49.7 Å². The van der Waals surface area contributed by atoms with Gasteiger partial charge in [-0.05, 0) is 96.6 Å². The standard InChI is InChI=1S/C24H22F6O6S2/c25-23(26,27)35-36-37-33-19-5-1-17(2-6-19)21-10-15-9-16(11-21)13-22(12-15,14-21)18-3-7-20(8-4-18)34-38(31,32)24(28,29)30/h1-8,15-16H,9-14H2. The topological polar surface area (TPSA) is 71.1 Å². The van der Waals surface area contributed by atoms with Crippen LogP contribution < -0.4 is 8.37 Å². The summed E-state index contributed by atoms with van der Waals surface area (Å²) >= 11 is 0.0484. The zero-order valence-corrected chi connectivity index (χ0v) is 21.2. The molecule has 0 aliphatic heterocycles. The molecule has 0 spiro atoms. The van der Waals surface area contributed by atoms with Crippen LogP contribution in [0.3, 0.4) is 0 Å². The van der Waals surface area contributed by atoms with E-state index in [1.807, 2.05) is 12.1 Å². The van der Waals surface area contributed by atoms with Crippen molar-refractivity contribution in [3.8, 4) is 11.5 Å². The molecule has 2 aromatic rings. The van der Waals surface area contributed by atoms with Gasteiger partial charge in [0.15, 0.2) is 0 Å². The number of halogens is 6. The fourth-order valence-electron chi connectivity index (χ4n) is 6.95. The average molecular weight is 585 g/mol. The van der Waals surface area contributed by atoms with E-state index < -0.39 is 27.7 Å². The van der Waals surface area contributed by atoms with Gasteiger partial charge in [-0.15, -0.1) is 22.4 Å². The first-order chi connectivity index (χ1) is 17.7. The van der Waals surface area contributed by atoms with E-state index in [9.17, 15) is 34.8 Å². The minimum atomic E-state index is -5.75. The molecule has 38 heavy (non-hydrogen) atoms. The second kappa shape index (κ2) is 9.49. The van der Waals surface area contributed by atoms with Gasteiger partial charge in [-0.25, -0.2) is 0 Å². The highest BCUT2D eigenvalue weighted by Crippen LogP contribution is 2.66. The number of benzene rings is 2. The Morgan fingerprint density at radius 1 is 0.763 bits per heavy atom. The molecule has 2 atom stereocenters. The van der Waals surface area contributed by atoms with Gasteiger partial charge in [0.05, 0.1) is 0 Å². The van der Waals surface area contributed by atoms with E-state index in [-0.39, 0.29) is 28.9 Å². The summed E-state index contributed by atoms with van der Waals surface area (Å²) in [5, 5.41) is 0. The van der Waals surface area contributed by atoms with E-state index >= 15 is 0 Å². The van der Waals surface area contributed by atoms with Crippen molar-refractivity contribution in [3.63, 3.8) is 0 Å². The maximum atomic E-state index is 12.7. The maximum absolute atomic E-state index is 12.7. The minimum absolute atomic E-state index is 0.0484. The normalized spacial score (nSPS) is 28.9. The Morgan fingerprint density at radius 2 is 1.24 bits per heavy atom. The fraction of sp³-hybridized carbons (Fsp3) is 0.500. The first-order valence-electron chi connectivity index (χ1n) is 11.7. The third-order valence-corrected chi connectivity index (χ3v) is 9.13. The van der Waals surface area contributed by atoms with Gasteiger partial charge in [0.2, 0.25) is 0 Å². The zero-order valence-electron chi connectivity index (χ0n) is 19.5. The summed E-state index contributed by atoms with van der Waals surface area (Å²) in [5.74, 6) is 0.798. The number of rotatable bonds is 8. The van der Waals surface area contributed by atoms with Crippen LogP contribution in [0.25, 0.3) is 0 Å². The van der Waals surface area contributed by atoms with Gasteiger partial charge in [-0.2, -0.15) is 21.6 Å². The molecule has 0 aromatic heterocycles. The second-order valence-electron chi connectivity index (χ2n) is 10.3. The molecule has 0 saturated heterocycles. The molecule has 14 heteroatoms. The zero-order chi connectivity index (χ0) is 27.4. The molecule has 208 valence electrons. The monoisotopic (exact) mass is 584 g/mol. The van der Waals surface area contributed by atoms with Crippen molar-refractivity contribution in [3.05, 3.63) is 59.7 Å². The highest BCUT2D eigenvalue weighted by atomic mass is 32.2. The van der Waals surface area contributed by atoms with Crippen molar-refractivity contribution < 1.29 is 52.3 Å². The molecule has 4 fully saturated rings. The number of alkyl halides is 6. The predicted octanol–water partition coefficient (Wildman–Crippen LogP) is 7.11. The molecule has 0 heterocycles. The van der Waals surface area contributed by atoms with E-state index in [4.69, 9.17) is 4.18 Å². The lowest BCUT2D eigenvalue weighted by Crippen LogP contribution is -2.55. The van der Waals surface area contributed by atoms with Crippen LogP contribution in [0.5, 0.6) is 11.5 Å². The van der Waals surface area contributed by atoms with Crippen LogP contribution in [0, 0.1) is 11.8 Å².